The number of rotatable bonds is 14. The highest BCUT2D eigenvalue weighted by molar-refractivity contribution is 7.92. The fraction of sp³-hybridized carbons (Fsp3) is 0.355. The molecule has 1 unspecified atom stereocenters. The van der Waals surface area contributed by atoms with Gasteiger partial charge in [-0.05, 0) is 55.2 Å². The minimum atomic E-state index is -3.56. The maximum atomic E-state index is 13.8. The fourth-order valence-electron chi connectivity index (χ4n) is 4.64. The van der Waals surface area contributed by atoms with E-state index in [0.717, 1.165) is 16.7 Å². The third-order valence-electron chi connectivity index (χ3n) is 6.65. The van der Waals surface area contributed by atoms with Crippen molar-refractivity contribution in [2.75, 3.05) is 30.8 Å². The van der Waals surface area contributed by atoms with Gasteiger partial charge in [0, 0.05) is 32.5 Å². The lowest BCUT2D eigenvalue weighted by molar-refractivity contribution is -0.141. The van der Waals surface area contributed by atoms with Gasteiger partial charge in [0.25, 0.3) is 0 Å². The fourth-order valence-corrected chi connectivity index (χ4v) is 5.66. The van der Waals surface area contributed by atoms with E-state index in [2.05, 4.69) is 5.32 Å². The summed E-state index contributed by atoms with van der Waals surface area (Å²) in [5.41, 5.74) is 3.19. The molecule has 8 nitrogen and oxygen atoms in total. The van der Waals surface area contributed by atoms with Crippen LogP contribution in [-0.2, 0) is 32.6 Å². The highest BCUT2D eigenvalue weighted by Gasteiger charge is 2.30. The number of carbonyl (C=O) groups excluding carboxylic acids is 2. The first-order valence-corrected chi connectivity index (χ1v) is 15.3. The van der Waals surface area contributed by atoms with Gasteiger partial charge < -0.3 is 15.0 Å². The van der Waals surface area contributed by atoms with Gasteiger partial charge in [-0.15, -0.1) is 0 Å². The first-order chi connectivity index (χ1) is 19.1. The van der Waals surface area contributed by atoms with Crippen molar-refractivity contribution in [2.24, 2.45) is 0 Å². The Balaban J connectivity index is 1.88. The molecule has 3 aromatic carbocycles. The standard InChI is InChI=1S/C31H39N3O5S/c1-5-32-31(36)29(22-25-14-7-6-8-15-25)33(23-26-16-11-17-27(21-26)39-3)30(35)19-12-20-34(40(4,37)38)28-18-10-9-13-24(28)2/h6-11,13-18,21,29H,5,12,19-20,22-23H2,1-4H3,(H,32,36). The van der Waals surface area contributed by atoms with Crippen molar-refractivity contribution in [3.05, 3.63) is 95.6 Å². The number of sulfonamides is 1. The number of nitrogens with zero attached hydrogens (tertiary/aromatic N) is 2. The summed E-state index contributed by atoms with van der Waals surface area (Å²) < 4.78 is 32.0. The molecule has 0 spiro atoms. The van der Waals surface area contributed by atoms with Gasteiger partial charge in [0.05, 0.1) is 19.1 Å². The second-order valence-electron chi connectivity index (χ2n) is 9.70. The molecule has 0 aliphatic heterocycles. The van der Waals surface area contributed by atoms with Crippen LogP contribution in [0, 0.1) is 6.92 Å². The summed E-state index contributed by atoms with van der Waals surface area (Å²) in [6, 6.07) is 23.5. The number of nitrogens with one attached hydrogen (secondary N) is 1. The number of hydrogen-bond donors (Lipinski definition) is 1. The molecular formula is C31H39N3O5S. The van der Waals surface area contributed by atoms with Crippen molar-refractivity contribution in [3.8, 4) is 5.75 Å². The zero-order chi connectivity index (χ0) is 29.1. The largest absolute Gasteiger partial charge is 0.497 e. The molecular weight excluding hydrogens is 526 g/mol. The molecule has 3 rings (SSSR count). The molecule has 40 heavy (non-hydrogen) atoms. The van der Waals surface area contributed by atoms with Gasteiger partial charge in [-0.25, -0.2) is 8.42 Å². The van der Waals surface area contributed by atoms with Crippen LogP contribution in [0.5, 0.6) is 5.75 Å². The minimum Gasteiger partial charge on any atom is -0.497 e. The number of benzene rings is 3. The Morgan fingerprint density at radius 2 is 1.62 bits per heavy atom. The van der Waals surface area contributed by atoms with Crippen LogP contribution in [-0.4, -0.2) is 57.6 Å². The van der Waals surface area contributed by atoms with Crippen molar-refractivity contribution in [1.29, 1.82) is 0 Å². The third-order valence-corrected chi connectivity index (χ3v) is 7.83. The molecule has 0 aliphatic rings. The number of ether oxygens (including phenoxy) is 1. The number of anilines is 1. The molecule has 0 saturated heterocycles. The Hall–Kier alpha value is -3.85. The molecule has 0 bridgehead atoms. The predicted octanol–water partition coefficient (Wildman–Crippen LogP) is 4.33. The molecule has 0 saturated carbocycles. The smallest absolute Gasteiger partial charge is 0.243 e. The van der Waals surface area contributed by atoms with E-state index in [-0.39, 0.29) is 31.3 Å². The number of hydrogen-bond acceptors (Lipinski definition) is 5. The van der Waals surface area contributed by atoms with E-state index in [4.69, 9.17) is 4.74 Å². The van der Waals surface area contributed by atoms with Gasteiger partial charge >= 0.3 is 0 Å². The summed E-state index contributed by atoms with van der Waals surface area (Å²) >= 11 is 0. The number of amides is 2. The van der Waals surface area contributed by atoms with E-state index < -0.39 is 16.1 Å². The van der Waals surface area contributed by atoms with Crippen LogP contribution in [0.3, 0.4) is 0 Å². The van der Waals surface area contributed by atoms with Gasteiger partial charge in [-0.3, -0.25) is 13.9 Å². The zero-order valence-corrected chi connectivity index (χ0v) is 24.5. The molecule has 0 radical (unpaired) electrons. The molecule has 0 aromatic heterocycles. The summed E-state index contributed by atoms with van der Waals surface area (Å²) in [6.07, 6.45) is 1.89. The van der Waals surface area contributed by atoms with Crippen LogP contribution < -0.4 is 14.4 Å². The van der Waals surface area contributed by atoms with Crippen LogP contribution in [0.1, 0.15) is 36.5 Å². The number of para-hydroxylation sites is 1. The van der Waals surface area contributed by atoms with E-state index >= 15 is 0 Å². The summed E-state index contributed by atoms with van der Waals surface area (Å²) in [5.74, 6) is 0.193. The highest BCUT2D eigenvalue weighted by Crippen LogP contribution is 2.24. The molecule has 3 aromatic rings. The maximum Gasteiger partial charge on any atom is 0.243 e. The van der Waals surface area contributed by atoms with Crippen LogP contribution in [0.15, 0.2) is 78.9 Å². The van der Waals surface area contributed by atoms with Crippen molar-refractivity contribution in [1.82, 2.24) is 10.2 Å². The molecule has 2 amide bonds. The highest BCUT2D eigenvalue weighted by atomic mass is 32.2. The zero-order valence-electron chi connectivity index (χ0n) is 23.7. The van der Waals surface area contributed by atoms with E-state index in [1.807, 2.05) is 80.6 Å². The van der Waals surface area contributed by atoms with Gasteiger partial charge in [-0.2, -0.15) is 0 Å². The predicted molar refractivity (Wildman–Crippen MR) is 159 cm³/mol. The summed E-state index contributed by atoms with van der Waals surface area (Å²) in [6.45, 7) is 4.49. The van der Waals surface area contributed by atoms with Crippen molar-refractivity contribution in [3.63, 3.8) is 0 Å². The van der Waals surface area contributed by atoms with Gasteiger partial charge in [0.15, 0.2) is 0 Å². The topological polar surface area (TPSA) is 96.0 Å². The lowest BCUT2D eigenvalue weighted by Gasteiger charge is -2.32. The molecule has 0 aliphatic carbocycles. The summed E-state index contributed by atoms with van der Waals surface area (Å²) in [7, 11) is -1.98. The first kappa shape index (κ1) is 30.7. The van der Waals surface area contributed by atoms with E-state index in [0.29, 0.717) is 30.8 Å². The third kappa shape index (κ3) is 8.58. The Morgan fingerprint density at radius 1 is 0.950 bits per heavy atom. The van der Waals surface area contributed by atoms with Crippen LogP contribution >= 0.6 is 0 Å². The molecule has 0 fully saturated rings. The number of aryl methyl sites for hydroxylation is 1. The van der Waals surface area contributed by atoms with E-state index in [1.54, 1.807) is 24.1 Å². The van der Waals surface area contributed by atoms with Crippen LogP contribution in [0.4, 0.5) is 5.69 Å². The average Bonchev–Trinajstić information content (AvgIpc) is 2.93. The molecule has 1 N–H and O–H groups in total. The SMILES string of the molecule is CCNC(=O)C(Cc1ccccc1)N(Cc1cccc(OC)c1)C(=O)CCCN(c1ccccc1C)S(C)(=O)=O. The molecule has 9 heteroatoms. The normalized spacial score (nSPS) is 11.9. The van der Waals surface area contributed by atoms with Gasteiger partial charge in [0.1, 0.15) is 11.8 Å². The lowest BCUT2D eigenvalue weighted by atomic mass is 10.0. The van der Waals surface area contributed by atoms with Gasteiger partial charge in [-0.1, -0.05) is 60.7 Å². The first-order valence-electron chi connectivity index (χ1n) is 13.4. The molecule has 0 heterocycles. The van der Waals surface area contributed by atoms with Crippen LogP contribution in [0.2, 0.25) is 0 Å². The lowest BCUT2D eigenvalue weighted by Crippen LogP contribution is -2.50. The number of carbonyl (C=O) groups is 2. The molecule has 214 valence electrons. The molecule has 1 atom stereocenters. The second kappa shape index (κ2) is 14.5. The van der Waals surface area contributed by atoms with Crippen molar-refractivity contribution >= 4 is 27.5 Å². The quantitative estimate of drug-likeness (QED) is 0.314. The van der Waals surface area contributed by atoms with Crippen LogP contribution in [0.25, 0.3) is 0 Å². The maximum absolute atomic E-state index is 13.8. The number of likely N-dealkylation sites (N-methyl/N-ethyl adjacent to an activating group) is 1. The Kier molecular flexibility index (Phi) is 11.1. The van der Waals surface area contributed by atoms with Crippen molar-refractivity contribution in [2.45, 2.75) is 45.7 Å². The Morgan fingerprint density at radius 3 is 2.27 bits per heavy atom. The minimum absolute atomic E-state index is 0.0760. The summed E-state index contributed by atoms with van der Waals surface area (Å²) in [4.78, 5) is 28.8. The Labute approximate surface area is 238 Å². The second-order valence-corrected chi connectivity index (χ2v) is 11.6. The summed E-state index contributed by atoms with van der Waals surface area (Å²) in [5, 5.41) is 2.89. The number of methoxy groups -OCH3 is 1. The van der Waals surface area contributed by atoms with Gasteiger partial charge in [0.2, 0.25) is 21.8 Å². The average molecular weight is 566 g/mol. The van der Waals surface area contributed by atoms with Crippen molar-refractivity contribution < 1.29 is 22.7 Å². The Bertz CT molecular complexity index is 1380. The monoisotopic (exact) mass is 565 g/mol. The van der Waals surface area contributed by atoms with E-state index in [9.17, 15) is 18.0 Å². The van der Waals surface area contributed by atoms with E-state index in [1.165, 1.54) is 10.6 Å².